The first-order valence-electron chi connectivity index (χ1n) is 7.28. The molecule has 6 nitrogen and oxygen atoms in total. The molecule has 22 heavy (non-hydrogen) atoms. The van der Waals surface area contributed by atoms with E-state index in [0.29, 0.717) is 17.2 Å². The molecule has 0 saturated carbocycles. The molecule has 6 heteroatoms. The Morgan fingerprint density at radius 3 is 2.50 bits per heavy atom. The predicted octanol–water partition coefficient (Wildman–Crippen LogP) is 3.06. The summed E-state index contributed by atoms with van der Waals surface area (Å²) in [5, 5.41) is 17.5. The molecule has 0 radical (unpaired) electrons. The topological polar surface area (TPSA) is 73.0 Å². The van der Waals surface area contributed by atoms with Gasteiger partial charge in [-0.1, -0.05) is 19.1 Å². The number of aromatic nitrogens is 3. The average Bonchev–Trinajstić information content (AvgIpc) is 2.99. The van der Waals surface area contributed by atoms with Crippen molar-refractivity contribution in [1.29, 1.82) is 5.26 Å². The third-order valence-corrected chi connectivity index (χ3v) is 3.80. The van der Waals surface area contributed by atoms with E-state index in [4.69, 9.17) is 9.47 Å². The lowest BCUT2D eigenvalue weighted by atomic mass is 9.97. The van der Waals surface area contributed by atoms with E-state index in [2.05, 4.69) is 30.2 Å². The summed E-state index contributed by atoms with van der Waals surface area (Å²) in [6.45, 7) is 4.19. The molecule has 0 amide bonds. The van der Waals surface area contributed by atoms with Crippen LogP contribution in [0.15, 0.2) is 18.2 Å². The molecule has 0 unspecified atom stereocenters. The molecule has 0 N–H and O–H groups in total. The van der Waals surface area contributed by atoms with Crippen molar-refractivity contribution in [3.63, 3.8) is 0 Å². The highest BCUT2D eigenvalue weighted by molar-refractivity contribution is 5.52. The summed E-state index contributed by atoms with van der Waals surface area (Å²) in [5.74, 6) is 1.56. The standard InChI is InChI=1S/C16H20N4O2/c1-5-11(6-2)16-13(10-17)18-19-20(16)14-9-12(21-3)7-8-15(14)22-4/h7-9,11H,5-6H2,1-4H3. The van der Waals surface area contributed by atoms with Crippen LogP contribution in [0, 0.1) is 11.3 Å². The van der Waals surface area contributed by atoms with Crippen molar-refractivity contribution in [2.75, 3.05) is 14.2 Å². The number of methoxy groups -OCH3 is 2. The lowest BCUT2D eigenvalue weighted by molar-refractivity contribution is 0.399. The number of nitriles is 1. The lowest BCUT2D eigenvalue weighted by Gasteiger charge is -2.16. The zero-order valence-electron chi connectivity index (χ0n) is 13.3. The summed E-state index contributed by atoms with van der Waals surface area (Å²) < 4.78 is 12.4. The van der Waals surface area contributed by atoms with E-state index < -0.39 is 0 Å². The van der Waals surface area contributed by atoms with Crippen LogP contribution in [-0.4, -0.2) is 29.2 Å². The van der Waals surface area contributed by atoms with Gasteiger partial charge in [0, 0.05) is 12.0 Å². The maximum Gasteiger partial charge on any atom is 0.186 e. The molecular formula is C16H20N4O2. The van der Waals surface area contributed by atoms with E-state index >= 15 is 0 Å². The molecule has 0 atom stereocenters. The minimum Gasteiger partial charge on any atom is -0.497 e. The van der Waals surface area contributed by atoms with Gasteiger partial charge >= 0.3 is 0 Å². The zero-order chi connectivity index (χ0) is 16.1. The summed E-state index contributed by atoms with van der Waals surface area (Å²) >= 11 is 0. The molecule has 2 rings (SSSR count). The minimum atomic E-state index is 0.209. The van der Waals surface area contributed by atoms with Gasteiger partial charge in [-0.3, -0.25) is 0 Å². The Balaban J connectivity index is 2.67. The fourth-order valence-corrected chi connectivity index (χ4v) is 2.55. The van der Waals surface area contributed by atoms with E-state index in [1.165, 1.54) is 0 Å². The van der Waals surface area contributed by atoms with Crippen LogP contribution in [0.1, 0.15) is 44.0 Å². The van der Waals surface area contributed by atoms with Crippen molar-refractivity contribution in [2.24, 2.45) is 0 Å². The molecule has 1 heterocycles. The van der Waals surface area contributed by atoms with Gasteiger partial charge in [0.25, 0.3) is 0 Å². The second-order valence-electron chi connectivity index (χ2n) is 4.90. The molecule has 0 saturated heterocycles. The van der Waals surface area contributed by atoms with Gasteiger partial charge in [-0.25, -0.2) is 4.68 Å². The molecule has 1 aromatic heterocycles. The first-order chi connectivity index (χ1) is 10.7. The van der Waals surface area contributed by atoms with Crippen molar-refractivity contribution < 1.29 is 9.47 Å². The third-order valence-electron chi connectivity index (χ3n) is 3.80. The Morgan fingerprint density at radius 2 is 1.95 bits per heavy atom. The molecule has 116 valence electrons. The van der Waals surface area contributed by atoms with E-state index in [1.54, 1.807) is 18.9 Å². The maximum atomic E-state index is 9.32. The molecule has 0 aliphatic rings. The van der Waals surface area contributed by atoms with Gasteiger partial charge in [0.1, 0.15) is 23.3 Å². The second kappa shape index (κ2) is 6.94. The van der Waals surface area contributed by atoms with Crippen molar-refractivity contribution in [2.45, 2.75) is 32.6 Å². The summed E-state index contributed by atoms with van der Waals surface area (Å²) in [5.41, 5.74) is 1.90. The van der Waals surface area contributed by atoms with E-state index in [1.807, 2.05) is 18.2 Å². The van der Waals surface area contributed by atoms with Crippen LogP contribution < -0.4 is 9.47 Å². The van der Waals surface area contributed by atoms with Gasteiger partial charge in [-0.15, -0.1) is 5.10 Å². The van der Waals surface area contributed by atoms with Crippen LogP contribution in [0.3, 0.4) is 0 Å². The monoisotopic (exact) mass is 300 g/mol. The van der Waals surface area contributed by atoms with Crippen LogP contribution in [0.5, 0.6) is 11.5 Å². The summed E-state index contributed by atoms with van der Waals surface area (Å²) in [4.78, 5) is 0. The highest BCUT2D eigenvalue weighted by Crippen LogP contribution is 2.32. The Kier molecular flexibility index (Phi) is 4.99. The van der Waals surface area contributed by atoms with Crippen molar-refractivity contribution in [3.8, 4) is 23.3 Å². The van der Waals surface area contributed by atoms with Crippen LogP contribution in [0.2, 0.25) is 0 Å². The highest BCUT2D eigenvalue weighted by atomic mass is 16.5. The molecule has 0 bridgehead atoms. The smallest absolute Gasteiger partial charge is 0.186 e. The fraction of sp³-hybridized carbons (Fsp3) is 0.438. The van der Waals surface area contributed by atoms with Crippen LogP contribution in [0.25, 0.3) is 5.69 Å². The first-order valence-corrected chi connectivity index (χ1v) is 7.28. The Bertz CT molecular complexity index is 684. The lowest BCUT2D eigenvalue weighted by Crippen LogP contribution is -2.09. The van der Waals surface area contributed by atoms with Gasteiger partial charge in [0.15, 0.2) is 5.69 Å². The number of hydrogen-bond acceptors (Lipinski definition) is 5. The van der Waals surface area contributed by atoms with Crippen LogP contribution in [-0.2, 0) is 0 Å². The number of hydrogen-bond donors (Lipinski definition) is 0. The molecule has 1 aromatic carbocycles. The minimum absolute atomic E-state index is 0.209. The van der Waals surface area contributed by atoms with Crippen molar-refractivity contribution >= 4 is 0 Å². The van der Waals surface area contributed by atoms with Gasteiger partial charge in [0.2, 0.25) is 0 Å². The molecule has 2 aromatic rings. The van der Waals surface area contributed by atoms with E-state index in [-0.39, 0.29) is 5.92 Å². The Morgan fingerprint density at radius 1 is 1.23 bits per heavy atom. The normalized spacial score (nSPS) is 10.5. The number of nitrogens with zero attached hydrogens (tertiary/aromatic N) is 4. The first kappa shape index (κ1) is 15.8. The highest BCUT2D eigenvalue weighted by Gasteiger charge is 2.23. The maximum absolute atomic E-state index is 9.32. The second-order valence-corrected chi connectivity index (χ2v) is 4.90. The van der Waals surface area contributed by atoms with Gasteiger partial charge in [-0.2, -0.15) is 5.26 Å². The Hall–Kier alpha value is -2.55. The number of rotatable bonds is 6. The van der Waals surface area contributed by atoms with Gasteiger partial charge in [-0.05, 0) is 25.0 Å². The zero-order valence-corrected chi connectivity index (χ0v) is 13.3. The van der Waals surface area contributed by atoms with E-state index in [9.17, 15) is 5.26 Å². The predicted molar refractivity (Wildman–Crippen MR) is 82.5 cm³/mol. The summed E-state index contributed by atoms with van der Waals surface area (Å²) in [6, 6.07) is 7.61. The molecule has 0 aliphatic heterocycles. The molecule has 0 aliphatic carbocycles. The number of benzene rings is 1. The van der Waals surface area contributed by atoms with Crippen molar-refractivity contribution in [1.82, 2.24) is 15.0 Å². The largest absolute Gasteiger partial charge is 0.497 e. The Labute approximate surface area is 130 Å². The van der Waals surface area contributed by atoms with Crippen LogP contribution >= 0.6 is 0 Å². The summed E-state index contributed by atoms with van der Waals surface area (Å²) in [6.07, 6.45) is 1.82. The third kappa shape index (κ3) is 2.75. The van der Waals surface area contributed by atoms with Crippen LogP contribution in [0.4, 0.5) is 0 Å². The number of ether oxygens (including phenoxy) is 2. The quantitative estimate of drug-likeness (QED) is 0.819. The SMILES string of the molecule is CCC(CC)c1c(C#N)nnn1-c1cc(OC)ccc1OC. The molecule has 0 fully saturated rings. The molecule has 0 spiro atoms. The summed E-state index contributed by atoms with van der Waals surface area (Å²) in [7, 11) is 3.21. The van der Waals surface area contributed by atoms with Crippen molar-refractivity contribution in [3.05, 3.63) is 29.6 Å². The van der Waals surface area contributed by atoms with Gasteiger partial charge < -0.3 is 9.47 Å². The average molecular weight is 300 g/mol. The van der Waals surface area contributed by atoms with E-state index in [0.717, 1.165) is 24.2 Å². The fourth-order valence-electron chi connectivity index (χ4n) is 2.55. The van der Waals surface area contributed by atoms with Gasteiger partial charge in [0.05, 0.1) is 19.9 Å². The molecular weight excluding hydrogens is 280 g/mol.